The summed E-state index contributed by atoms with van der Waals surface area (Å²) in [5.41, 5.74) is 0.0332. The van der Waals surface area contributed by atoms with Crippen LogP contribution in [0.15, 0.2) is 47.0 Å². The number of nitrogens with zero attached hydrogens (tertiary/aromatic N) is 5. The number of carboxylic acid groups (broad SMARTS) is 1. The molecule has 0 bridgehead atoms. The Kier molecular flexibility index (Phi) is 8.42. The number of aromatic nitrogens is 3. The van der Waals surface area contributed by atoms with E-state index in [2.05, 4.69) is 19.8 Å². The lowest BCUT2D eigenvalue weighted by atomic mass is 10.0. The van der Waals surface area contributed by atoms with Gasteiger partial charge in [-0.3, -0.25) is 19.6 Å². The fourth-order valence-corrected chi connectivity index (χ4v) is 6.23. The van der Waals surface area contributed by atoms with Crippen molar-refractivity contribution in [1.82, 2.24) is 19.6 Å². The number of carbonyl (C=O) groups is 3. The number of nitrogens with one attached hydrogen (secondary N) is 2. The molecule has 0 radical (unpaired) electrons. The van der Waals surface area contributed by atoms with Gasteiger partial charge in [0.05, 0.1) is 0 Å². The predicted octanol–water partition coefficient (Wildman–Crippen LogP) is -0.100. The Balaban J connectivity index is 1.52. The third-order valence-electron chi connectivity index (χ3n) is 5.23. The third kappa shape index (κ3) is 6.19. The molecular formula is C20H23N7O8PS2+. The SMILES string of the molecule is CCCON=C(C(=O)NC1C(=O)N2C(C(=O)O)=C(C[n+]3ccccc3)CS[C@@H]12)c1nsc(NP(=O)(O)O)n1. The van der Waals surface area contributed by atoms with Crippen LogP contribution in [-0.4, -0.2) is 76.4 Å². The number of anilines is 1. The van der Waals surface area contributed by atoms with Crippen LogP contribution in [0.25, 0.3) is 0 Å². The smallest absolute Gasteiger partial charge is 0.429 e. The lowest BCUT2D eigenvalue weighted by Crippen LogP contribution is -2.71. The van der Waals surface area contributed by atoms with Crippen molar-refractivity contribution < 1.29 is 43.2 Å². The Hall–Kier alpha value is -3.37. The van der Waals surface area contributed by atoms with E-state index in [0.717, 1.165) is 4.90 Å². The lowest BCUT2D eigenvalue weighted by molar-refractivity contribution is -0.689. The van der Waals surface area contributed by atoms with Gasteiger partial charge in [-0.05, 0) is 6.42 Å². The highest BCUT2D eigenvalue weighted by molar-refractivity contribution is 8.00. The Labute approximate surface area is 224 Å². The van der Waals surface area contributed by atoms with Crippen molar-refractivity contribution in [1.29, 1.82) is 0 Å². The number of hydrogen-bond acceptors (Lipinski definition) is 10. The molecule has 0 aromatic carbocycles. The predicted molar refractivity (Wildman–Crippen MR) is 135 cm³/mol. The maximum atomic E-state index is 13.1. The maximum absolute atomic E-state index is 13.1. The number of rotatable bonds is 11. The molecule has 0 aliphatic carbocycles. The largest absolute Gasteiger partial charge is 0.477 e. The van der Waals surface area contributed by atoms with Crippen LogP contribution in [0.1, 0.15) is 19.2 Å². The van der Waals surface area contributed by atoms with Gasteiger partial charge in [-0.2, -0.15) is 9.36 Å². The number of β-lactam (4-membered cyclic amide) rings is 1. The molecule has 4 heterocycles. The summed E-state index contributed by atoms with van der Waals surface area (Å²) in [4.78, 5) is 66.5. The number of hydrogen-bond donors (Lipinski definition) is 5. The highest BCUT2D eigenvalue weighted by Crippen LogP contribution is 2.40. The van der Waals surface area contributed by atoms with Gasteiger partial charge >= 0.3 is 13.7 Å². The maximum Gasteiger partial charge on any atom is 0.429 e. The van der Waals surface area contributed by atoms with Crippen molar-refractivity contribution in [2.75, 3.05) is 17.4 Å². The molecule has 1 fully saturated rings. The topological polar surface area (TPSA) is 208 Å². The molecule has 0 spiro atoms. The molecule has 202 valence electrons. The molecule has 18 heteroatoms. The van der Waals surface area contributed by atoms with Crippen molar-refractivity contribution in [3.63, 3.8) is 0 Å². The summed E-state index contributed by atoms with van der Waals surface area (Å²) in [5, 5.41) is 17.1. The standard InChI is InChI=1S/C20H22N7O8PS2/c1-2-8-35-23-12(15-22-20(38-25-15)24-36(32,33)34)16(28)21-13-17(29)27-14(19(30)31)11(10-37-18(13)27)9-26-6-4-3-5-7-26/h3-7,13,18H,2,8-10H2,1H3,(H4-,21,22,24,25,28,30,31,32,33,34)/p+1/t13?,18-/m0/s1. The number of oxime groups is 1. The lowest BCUT2D eigenvalue weighted by Gasteiger charge is -2.49. The average Bonchev–Trinajstić information content (AvgIpc) is 3.31. The zero-order chi connectivity index (χ0) is 27.4. The number of carbonyl (C=O) groups excluding carboxylic acids is 2. The normalized spacial score (nSPS) is 19.5. The second kappa shape index (κ2) is 11.6. The Morgan fingerprint density at radius 3 is 2.71 bits per heavy atom. The molecule has 2 aliphatic heterocycles. The minimum Gasteiger partial charge on any atom is -0.477 e. The fourth-order valence-electron chi connectivity index (χ4n) is 3.65. The van der Waals surface area contributed by atoms with Gasteiger partial charge < -0.3 is 25.0 Å². The quantitative estimate of drug-likeness (QED) is 0.0586. The molecule has 1 saturated heterocycles. The molecule has 2 aliphatic rings. The summed E-state index contributed by atoms with van der Waals surface area (Å²) in [5.74, 6) is -2.66. The van der Waals surface area contributed by atoms with Gasteiger partial charge in [-0.15, -0.1) is 11.8 Å². The van der Waals surface area contributed by atoms with Gasteiger partial charge in [0.2, 0.25) is 16.7 Å². The molecule has 15 nitrogen and oxygen atoms in total. The third-order valence-corrected chi connectivity index (χ3v) is 7.86. The van der Waals surface area contributed by atoms with E-state index in [1.165, 1.54) is 11.8 Å². The second-order valence-electron chi connectivity index (χ2n) is 8.02. The summed E-state index contributed by atoms with van der Waals surface area (Å²) < 4.78 is 16.9. The van der Waals surface area contributed by atoms with Gasteiger partial charge in [-0.1, -0.05) is 18.1 Å². The summed E-state index contributed by atoms with van der Waals surface area (Å²) in [6, 6.07) is 4.41. The first kappa shape index (κ1) is 27.7. The van der Waals surface area contributed by atoms with E-state index in [1.807, 2.05) is 30.2 Å². The number of thioether (sulfide) groups is 1. The summed E-state index contributed by atoms with van der Waals surface area (Å²) in [6.07, 6.45) is 4.16. The molecular weight excluding hydrogens is 561 g/mol. The van der Waals surface area contributed by atoms with E-state index in [0.29, 0.717) is 29.3 Å². The molecule has 38 heavy (non-hydrogen) atoms. The van der Waals surface area contributed by atoms with Gasteiger partial charge in [0.25, 0.3) is 11.8 Å². The molecule has 2 amide bonds. The van der Waals surface area contributed by atoms with Crippen molar-refractivity contribution in [2.24, 2.45) is 5.16 Å². The van der Waals surface area contributed by atoms with Crippen LogP contribution in [0.2, 0.25) is 0 Å². The van der Waals surface area contributed by atoms with Crippen LogP contribution in [0, 0.1) is 0 Å². The molecule has 2 aromatic rings. The van der Waals surface area contributed by atoms with E-state index >= 15 is 0 Å². The minimum atomic E-state index is -4.66. The number of amides is 2. The van der Waals surface area contributed by atoms with Crippen LogP contribution in [0.4, 0.5) is 5.13 Å². The van der Waals surface area contributed by atoms with Crippen LogP contribution in [0.3, 0.4) is 0 Å². The summed E-state index contributed by atoms with van der Waals surface area (Å²) in [6.45, 7) is 2.27. The summed E-state index contributed by atoms with van der Waals surface area (Å²) in [7, 11) is -4.66. The molecule has 1 unspecified atom stereocenters. The Morgan fingerprint density at radius 2 is 2.05 bits per heavy atom. The van der Waals surface area contributed by atoms with Crippen LogP contribution < -0.4 is 15.0 Å². The van der Waals surface area contributed by atoms with E-state index in [9.17, 15) is 24.1 Å². The first-order valence-corrected chi connectivity index (χ1v) is 14.5. The molecule has 2 aromatic heterocycles. The highest BCUT2D eigenvalue weighted by atomic mass is 32.2. The summed E-state index contributed by atoms with van der Waals surface area (Å²) >= 11 is 1.90. The first-order chi connectivity index (χ1) is 18.1. The molecule has 2 atom stereocenters. The number of fused-ring (bicyclic) bond motifs is 1. The van der Waals surface area contributed by atoms with Gasteiger partial charge in [0, 0.05) is 35.0 Å². The molecule has 4 rings (SSSR count). The first-order valence-electron chi connectivity index (χ1n) is 11.1. The van der Waals surface area contributed by atoms with Crippen molar-refractivity contribution >= 4 is 59.7 Å². The van der Waals surface area contributed by atoms with E-state index < -0.39 is 42.7 Å². The van der Waals surface area contributed by atoms with E-state index in [-0.39, 0.29) is 29.8 Å². The zero-order valence-electron chi connectivity index (χ0n) is 19.8. The van der Waals surface area contributed by atoms with Crippen LogP contribution in [0.5, 0.6) is 0 Å². The van der Waals surface area contributed by atoms with Crippen molar-refractivity contribution in [3.8, 4) is 0 Å². The number of carboxylic acids is 1. The van der Waals surface area contributed by atoms with Crippen LogP contribution in [-0.2, 0) is 30.3 Å². The van der Waals surface area contributed by atoms with Gasteiger partial charge in [0.15, 0.2) is 18.9 Å². The van der Waals surface area contributed by atoms with Gasteiger partial charge in [0.1, 0.15) is 23.7 Å². The molecule has 5 N–H and O–H groups in total. The zero-order valence-corrected chi connectivity index (χ0v) is 22.3. The Morgan fingerprint density at radius 1 is 1.32 bits per heavy atom. The van der Waals surface area contributed by atoms with Crippen LogP contribution >= 0.6 is 31.0 Å². The Bertz CT molecular complexity index is 1350. The minimum absolute atomic E-state index is 0.116. The second-order valence-corrected chi connectivity index (χ2v) is 11.2. The van der Waals surface area contributed by atoms with Crippen molar-refractivity contribution in [3.05, 3.63) is 47.7 Å². The van der Waals surface area contributed by atoms with E-state index in [1.54, 1.807) is 17.0 Å². The highest BCUT2D eigenvalue weighted by Gasteiger charge is 2.54. The number of pyridine rings is 1. The van der Waals surface area contributed by atoms with Crippen molar-refractivity contribution in [2.45, 2.75) is 31.3 Å². The monoisotopic (exact) mass is 584 g/mol. The average molecular weight is 585 g/mol. The van der Waals surface area contributed by atoms with E-state index in [4.69, 9.17) is 14.6 Å². The van der Waals surface area contributed by atoms with Gasteiger partial charge in [-0.25, -0.2) is 13.9 Å². The molecule has 0 saturated carbocycles. The number of aliphatic carboxylic acids is 1. The fraction of sp³-hybridized carbons (Fsp3) is 0.350.